The maximum atomic E-state index is 8.12. The number of rotatable bonds is 6. The second-order valence-corrected chi connectivity index (χ2v) is 6.83. The maximum absolute atomic E-state index is 8.12. The van der Waals surface area contributed by atoms with Gasteiger partial charge in [0, 0.05) is 16.0 Å². The SMILES string of the molecule is COc1cccc(OC)c1CNC(=N)Nc1nc(-c2ccc(Cl)cc2)cs1. The van der Waals surface area contributed by atoms with Crippen LogP contribution in [0.15, 0.2) is 47.8 Å². The van der Waals surface area contributed by atoms with E-state index in [1.54, 1.807) is 14.2 Å². The zero-order valence-corrected chi connectivity index (χ0v) is 16.4. The lowest BCUT2D eigenvalue weighted by Gasteiger charge is -2.14. The molecule has 140 valence electrons. The highest BCUT2D eigenvalue weighted by Crippen LogP contribution is 2.28. The fraction of sp³-hybridized carbons (Fsp3) is 0.158. The van der Waals surface area contributed by atoms with E-state index in [1.807, 2.05) is 47.8 Å². The standard InChI is InChI=1S/C19H19ClN4O2S/c1-25-16-4-3-5-17(26-2)14(16)10-22-18(21)24-19-23-15(11-27-19)12-6-8-13(20)9-7-12/h3-9,11H,10H2,1-2H3,(H3,21,22,23,24). The molecule has 0 fully saturated rings. The minimum absolute atomic E-state index is 0.139. The Morgan fingerprint density at radius 2 is 1.78 bits per heavy atom. The molecule has 1 heterocycles. The number of halogens is 1. The van der Waals surface area contributed by atoms with Crippen LogP contribution in [0.3, 0.4) is 0 Å². The van der Waals surface area contributed by atoms with E-state index in [-0.39, 0.29) is 5.96 Å². The molecule has 0 saturated heterocycles. The van der Waals surface area contributed by atoms with Crippen molar-refractivity contribution in [1.29, 1.82) is 5.41 Å². The number of anilines is 1. The number of benzene rings is 2. The third kappa shape index (κ3) is 4.69. The van der Waals surface area contributed by atoms with Crippen molar-refractivity contribution < 1.29 is 9.47 Å². The van der Waals surface area contributed by atoms with E-state index in [4.69, 9.17) is 26.5 Å². The van der Waals surface area contributed by atoms with Gasteiger partial charge in [0.05, 0.1) is 32.0 Å². The maximum Gasteiger partial charge on any atom is 0.195 e. The van der Waals surface area contributed by atoms with Crippen molar-refractivity contribution in [2.45, 2.75) is 6.54 Å². The van der Waals surface area contributed by atoms with E-state index in [9.17, 15) is 0 Å². The third-order valence-electron chi connectivity index (χ3n) is 3.85. The van der Waals surface area contributed by atoms with Crippen LogP contribution in [0.2, 0.25) is 5.02 Å². The highest BCUT2D eigenvalue weighted by atomic mass is 35.5. The van der Waals surface area contributed by atoms with Crippen LogP contribution in [-0.2, 0) is 6.54 Å². The number of thiazole rings is 1. The van der Waals surface area contributed by atoms with Gasteiger partial charge in [0.1, 0.15) is 11.5 Å². The monoisotopic (exact) mass is 402 g/mol. The summed E-state index contributed by atoms with van der Waals surface area (Å²) in [5.41, 5.74) is 2.65. The fourth-order valence-corrected chi connectivity index (χ4v) is 3.36. The van der Waals surface area contributed by atoms with Crippen LogP contribution in [0.4, 0.5) is 5.13 Å². The number of ether oxygens (including phenoxy) is 2. The first-order valence-electron chi connectivity index (χ1n) is 8.11. The van der Waals surface area contributed by atoms with Gasteiger partial charge in [-0.2, -0.15) is 0 Å². The first kappa shape index (κ1) is 19.0. The summed E-state index contributed by atoms with van der Waals surface area (Å²) in [4.78, 5) is 4.51. The summed E-state index contributed by atoms with van der Waals surface area (Å²) in [6.45, 7) is 0.383. The highest BCUT2D eigenvalue weighted by molar-refractivity contribution is 7.14. The lowest BCUT2D eigenvalue weighted by molar-refractivity contribution is 0.384. The van der Waals surface area contributed by atoms with Gasteiger partial charge in [-0.15, -0.1) is 11.3 Å². The normalized spacial score (nSPS) is 10.3. The summed E-state index contributed by atoms with van der Waals surface area (Å²) >= 11 is 7.35. The molecule has 6 nitrogen and oxygen atoms in total. The Bertz CT molecular complexity index is 905. The number of aromatic nitrogens is 1. The molecule has 0 radical (unpaired) electrons. The van der Waals surface area contributed by atoms with E-state index < -0.39 is 0 Å². The van der Waals surface area contributed by atoms with Gasteiger partial charge in [-0.1, -0.05) is 29.8 Å². The van der Waals surface area contributed by atoms with Crippen molar-refractivity contribution in [3.8, 4) is 22.8 Å². The van der Waals surface area contributed by atoms with Crippen LogP contribution in [0.1, 0.15) is 5.56 Å². The molecule has 2 aromatic carbocycles. The quantitative estimate of drug-likeness (QED) is 0.414. The molecule has 0 atom stereocenters. The van der Waals surface area contributed by atoms with Crippen molar-refractivity contribution in [2.75, 3.05) is 19.5 Å². The number of nitrogens with zero attached hydrogens (tertiary/aromatic N) is 1. The predicted molar refractivity (Wildman–Crippen MR) is 110 cm³/mol. The Labute approximate surface area is 166 Å². The van der Waals surface area contributed by atoms with Crippen LogP contribution in [0.25, 0.3) is 11.3 Å². The Morgan fingerprint density at radius 1 is 1.11 bits per heavy atom. The van der Waals surface area contributed by atoms with E-state index in [0.717, 1.165) is 16.8 Å². The molecule has 0 bridgehead atoms. The van der Waals surface area contributed by atoms with Crippen molar-refractivity contribution >= 4 is 34.0 Å². The zero-order valence-electron chi connectivity index (χ0n) is 14.9. The van der Waals surface area contributed by atoms with E-state index >= 15 is 0 Å². The summed E-state index contributed by atoms with van der Waals surface area (Å²) in [7, 11) is 3.21. The van der Waals surface area contributed by atoms with Crippen LogP contribution in [0.5, 0.6) is 11.5 Å². The largest absolute Gasteiger partial charge is 0.496 e. The van der Waals surface area contributed by atoms with Crippen molar-refractivity contribution in [3.63, 3.8) is 0 Å². The molecule has 0 unspecified atom stereocenters. The van der Waals surface area contributed by atoms with Crippen molar-refractivity contribution in [2.24, 2.45) is 0 Å². The molecule has 3 aromatic rings. The molecule has 3 rings (SSSR count). The highest BCUT2D eigenvalue weighted by Gasteiger charge is 2.11. The minimum atomic E-state index is 0.139. The van der Waals surface area contributed by atoms with Gasteiger partial charge < -0.3 is 20.1 Å². The van der Waals surface area contributed by atoms with E-state index in [2.05, 4.69) is 15.6 Å². The summed E-state index contributed by atoms with van der Waals surface area (Å²) in [5, 5.41) is 17.3. The molecular weight excluding hydrogens is 384 g/mol. The Kier molecular flexibility index (Phi) is 6.16. The molecule has 0 aliphatic heterocycles. The van der Waals surface area contributed by atoms with Crippen LogP contribution in [0, 0.1) is 5.41 Å². The summed E-state index contributed by atoms with van der Waals surface area (Å²) < 4.78 is 10.7. The number of guanidine groups is 1. The average molecular weight is 403 g/mol. The predicted octanol–water partition coefficient (Wildman–Crippen LogP) is 4.62. The molecule has 0 saturated carbocycles. The van der Waals surface area contributed by atoms with Crippen molar-refractivity contribution in [3.05, 3.63) is 58.4 Å². The molecule has 0 aliphatic rings. The molecule has 1 aromatic heterocycles. The van der Waals surface area contributed by atoms with Crippen LogP contribution < -0.4 is 20.1 Å². The van der Waals surface area contributed by atoms with E-state index in [1.165, 1.54) is 11.3 Å². The smallest absolute Gasteiger partial charge is 0.195 e. The number of hydrogen-bond acceptors (Lipinski definition) is 5. The van der Waals surface area contributed by atoms with E-state index in [0.29, 0.717) is 28.2 Å². The lowest BCUT2D eigenvalue weighted by Crippen LogP contribution is -2.29. The molecular formula is C19H19ClN4O2S. The number of methoxy groups -OCH3 is 2. The van der Waals surface area contributed by atoms with Gasteiger partial charge in [-0.25, -0.2) is 4.98 Å². The molecule has 3 N–H and O–H groups in total. The summed E-state index contributed by atoms with van der Waals surface area (Å²) in [5.74, 6) is 1.54. The summed E-state index contributed by atoms with van der Waals surface area (Å²) in [6.07, 6.45) is 0. The van der Waals surface area contributed by atoms with Crippen LogP contribution in [-0.4, -0.2) is 25.2 Å². The Morgan fingerprint density at radius 3 is 2.41 bits per heavy atom. The number of nitrogens with one attached hydrogen (secondary N) is 3. The van der Waals surface area contributed by atoms with Crippen molar-refractivity contribution in [1.82, 2.24) is 10.3 Å². The zero-order chi connectivity index (χ0) is 19.2. The van der Waals surface area contributed by atoms with Gasteiger partial charge in [0.2, 0.25) is 0 Å². The van der Waals surface area contributed by atoms with Gasteiger partial charge >= 0.3 is 0 Å². The topological polar surface area (TPSA) is 79.3 Å². The number of hydrogen-bond donors (Lipinski definition) is 3. The second-order valence-electron chi connectivity index (χ2n) is 5.54. The molecule has 0 aliphatic carbocycles. The fourth-order valence-electron chi connectivity index (χ4n) is 2.51. The molecule has 0 amide bonds. The molecule has 0 spiro atoms. The van der Waals surface area contributed by atoms with Crippen LogP contribution >= 0.6 is 22.9 Å². The first-order chi connectivity index (χ1) is 13.1. The summed E-state index contributed by atoms with van der Waals surface area (Å²) in [6, 6.07) is 13.1. The average Bonchev–Trinajstić information content (AvgIpc) is 3.14. The minimum Gasteiger partial charge on any atom is -0.496 e. The van der Waals surface area contributed by atoms with Gasteiger partial charge in [-0.05, 0) is 24.3 Å². The second kappa shape index (κ2) is 8.75. The Hall–Kier alpha value is -2.77. The first-order valence-corrected chi connectivity index (χ1v) is 9.37. The van der Waals surface area contributed by atoms with Gasteiger partial charge in [0.25, 0.3) is 0 Å². The third-order valence-corrected chi connectivity index (χ3v) is 4.86. The molecule has 27 heavy (non-hydrogen) atoms. The lowest BCUT2D eigenvalue weighted by atomic mass is 10.1. The molecule has 8 heteroatoms. The van der Waals surface area contributed by atoms with Gasteiger partial charge in [-0.3, -0.25) is 5.41 Å². The van der Waals surface area contributed by atoms with Gasteiger partial charge in [0.15, 0.2) is 11.1 Å². The Balaban J connectivity index is 1.63.